The molecule has 1 rings (SSSR count). The number of benzene rings is 1. The van der Waals surface area contributed by atoms with Crippen molar-refractivity contribution in [2.24, 2.45) is 0 Å². The molecule has 0 aliphatic carbocycles. The van der Waals surface area contributed by atoms with Gasteiger partial charge in [-0.25, -0.2) is 0 Å². The van der Waals surface area contributed by atoms with Crippen molar-refractivity contribution in [2.75, 3.05) is 13.2 Å². The van der Waals surface area contributed by atoms with E-state index < -0.39 is 0 Å². The zero-order valence-corrected chi connectivity index (χ0v) is 8.56. The van der Waals surface area contributed by atoms with Gasteiger partial charge in [0.2, 0.25) is 5.75 Å². The Hall–Kier alpha value is -1.71. The van der Waals surface area contributed by atoms with E-state index in [9.17, 15) is 9.90 Å². The highest BCUT2D eigenvalue weighted by Gasteiger charge is 2.05. The van der Waals surface area contributed by atoms with Gasteiger partial charge in [-0.3, -0.25) is 9.90 Å². The van der Waals surface area contributed by atoms with Gasteiger partial charge in [0.15, 0.2) is 5.75 Å². The van der Waals surface area contributed by atoms with E-state index in [2.05, 4.69) is 0 Å². The zero-order valence-electron chi connectivity index (χ0n) is 8.56. The first-order valence-corrected chi connectivity index (χ1v) is 4.78. The molecule has 15 heavy (non-hydrogen) atoms. The quantitative estimate of drug-likeness (QED) is 0.698. The SMILES string of the molecule is CCOC(=O)CCOc1ccccc1[O]. The van der Waals surface area contributed by atoms with E-state index in [-0.39, 0.29) is 30.5 Å². The average molecular weight is 209 g/mol. The highest BCUT2D eigenvalue weighted by Crippen LogP contribution is 2.25. The Balaban J connectivity index is 2.32. The highest BCUT2D eigenvalue weighted by atomic mass is 16.5. The van der Waals surface area contributed by atoms with Crippen LogP contribution in [0.25, 0.3) is 0 Å². The number of ether oxygens (including phenoxy) is 2. The van der Waals surface area contributed by atoms with Crippen LogP contribution in [0.3, 0.4) is 0 Å². The summed E-state index contributed by atoms with van der Waals surface area (Å²) in [6.07, 6.45) is 0.155. The highest BCUT2D eigenvalue weighted by molar-refractivity contribution is 5.69. The van der Waals surface area contributed by atoms with Gasteiger partial charge in [-0.15, -0.1) is 0 Å². The Morgan fingerprint density at radius 2 is 2.07 bits per heavy atom. The predicted octanol–water partition coefficient (Wildman–Crippen LogP) is 2.16. The van der Waals surface area contributed by atoms with Crippen LogP contribution in [-0.4, -0.2) is 19.2 Å². The lowest BCUT2D eigenvalue weighted by atomic mass is 10.3. The molecule has 0 saturated carbocycles. The van der Waals surface area contributed by atoms with Crippen LogP contribution in [0.15, 0.2) is 24.3 Å². The van der Waals surface area contributed by atoms with Crippen molar-refractivity contribution in [3.05, 3.63) is 24.3 Å². The fourth-order valence-electron chi connectivity index (χ4n) is 1.05. The second-order valence-electron chi connectivity index (χ2n) is 2.85. The van der Waals surface area contributed by atoms with E-state index in [0.29, 0.717) is 6.61 Å². The van der Waals surface area contributed by atoms with E-state index in [1.807, 2.05) is 0 Å². The standard InChI is InChI=1S/C11H13O4/c1-2-14-11(13)7-8-15-10-6-4-3-5-9(10)12/h3-6H,2,7-8H2,1H3. The maximum absolute atomic E-state index is 11.2. The molecule has 4 nitrogen and oxygen atoms in total. The molecule has 0 N–H and O–H groups in total. The Kier molecular flexibility index (Phi) is 4.47. The molecule has 0 atom stereocenters. The largest absolute Gasteiger partial charge is 0.489 e. The number of carbonyl (C=O) groups is 1. The van der Waals surface area contributed by atoms with Gasteiger partial charge >= 0.3 is 5.97 Å². The minimum atomic E-state index is -0.319. The molecule has 81 valence electrons. The van der Waals surface area contributed by atoms with Crippen molar-refractivity contribution in [1.29, 1.82) is 0 Å². The maximum atomic E-state index is 11.2. The van der Waals surface area contributed by atoms with Gasteiger partial charge in [-0.1, -0.05) is 12.1 Å². The molecule has 0 saturated heterocycles. The van der Waals surface area contributed by atoms with Crippen molar-refractivity contribution in [1.82, 2.24) is 0 Å². The van der Waals surface area contributed by atoms with Gasteiger partial charge in [-0.05, 0) is 19.1 Å². The van der Waals surface area contributed by atoms with Crippen molar-refractivity contribution in [3.8, 4) is 11.5 Å². The molecule has 1 radical (unpaired) electrons. The summed E-state index contributed by atoms with van der Waals surface area (Å²) in [6.45, 7) is 2.26. The lowest BCUT2D eigenvalue weighted by molar-refractivity contribution is -0.143. The van der Waals surface area contributed by atoms with Crippen LogP contribution in [0.1, 0.15) is 13.3 Å². The van der Waals surface area contributed by atoms with Gasteiger partial charge in [0, 0.05) is 0 Å². The number of hydrogen-bond donors (Lipinski definition) is 0. The first-order valence-electron chi connectivity index (χ1n) is 4.78. The molecule has 1 aromatic rings. The summed E-state index contributed by atoms with van der Waals surface area (Å²) < 4.78 is 9.85. The Bertz CT molecular complexity index is 322. The molecule has 0 amide bonds. The van der Waals surface area contributed by atoms with E-state index >= 15 is 0 Å². The van der Waals surface area contributed by atoms with Crippen molar-refractivity contribution >= 4 is 5.97 Å². The minimum absolute atomic E-state index is 0.155. The first-order chi connectivity index (χ1) is 7.24. The molecule has 0 aliphatic heterocycles. The second-order valence-corrected chi connectivity index (χ2v) is 2.85. The predicted molar refractivity (Wildman–Crippen MR) is 53.3 cm³/mol. The summed E-state index contributed by atoms with van der Waals surface area (Å²) in [4.78, 5) is 10.9. The molecule has 0 heterocycles. The van der Waals surface area contributed by atoms with Crippen LogP contribution in [0, 0.1) is 0 Å². The lowest BCUT2D eigenvalue weighted by Gasteiger charge is -2.05. The Morgan fingerprint density at radius 1 is 1.33 bits per heavy atom. The van der Waals surface area contributed by atoms with Crippen molar-refractivity contribution in [2.45, 2.75) is 13.3 Å². The van der Waals surface area contributed by atoms with Crippen LogP contribution in [0.5, 0.6) is 11.5 Å². The van der Waals surface area contributed by atoms with Crippen LogP contribution in [0.2, 0.25) is 0 Å². The van der Waals surface area contributed by atoms with Crippen LogP contribution < -0.4 is 4.74 Å². The van der Waals surface area contributed by atoms with Crippen LogP contribution >= 0.6 is 0 Å². The van der Waals surface area contributed by atoms with Crippen LogP contribution in [-0.2, 0) is 14.6 Å². The van der Waals surface area contributed by atoms with E-state index in [1.165, 1.54) is 6.07 Å². The van der Waals surface area contributed by atoms with Crippen LogP contribution in [0.4, 0.5) is 0 Å². The van der Waals surface area contributed by atoms with Gasteiger partial charge in [0.1, 0.15) is 0 Å². The summed E-state index contributed by atoms with van der Waals surface area (Å²) in [5.41, 5.74) is 0. The van der Waals surface area contributed by atoms with E-state index in [0.717, 1.165) is 0 Å². The number of esters is 1. The molecular formula is C11H13O4. The molecule has 0 bridgehead atoms. The minimum Gasteiger partial charge on any atom is -0.489 e. The monoisotopic (exact) mass is 209 g/mol. The summed E-state index contributed by atoms with van der Waals surface area (Å²) in [6, 6.07) is 6.34. The Morgan fingerprint density at radius 3 is 2.73 bits per heavy atom. The first kappa shape index (κ1) is 11.4. The number of carbonyl (C=O) groups excluding carboxylic acids is 1. The third-order valence-corrected chi connectivity index (χ3v) is 1.72. The number of rotatable bonds is 5. The molecule has 0 fully saturated rings. The average Bonchev–Trinajstić information content (AvgIpc) is 2.21. The third kappa shape index (κ3) is 3.89. The summed E-state index contributed by atoms with van der Waals surface area (Å²) >= 11 is 0. The van der Waals surface area contributed by atoms with Gasteiger partial charge < -0.3 is 9.47 Å². The molecule has 0 spiro atoms. The smallest absolute Gasteiger partial charge is 0.309 e. The third-order valence-electron chi connectivity index (χ3n) is 1.72. The fraction of sp³-hybridized carbons (Fsp3) is 0.364. The summed E-state index contributed by atoms with van der Waals surface area (Å²) in [5.74, 6) is -0.232. The Labute approximate surface area is 88.4 Å². The van der Waals surface area contributed by atoms with Crippen molar-refractivity contribution < 1.29 is 19.4 Å². The molecule has 0 aliphatic rings. The molecule has 4 heteroatoms. The zero-order chi connectivity index (χ0) is 11.1. The van der Waals surface area contributed by atoms with E-state index in [1.54, 1.807) is 25.1 Å². The lowest BCUT2D eigenvalue weighted by Crippen LogP contribution is -2.09. The molecular weight excluding hydrogens is 196 g/mol. The fourth-order valence-corrected chi connectivity index (χ4v) is 1.05. The molecule has 1 aromatic carbocycles. The van der Waals surface area contributed by atoms with Gasteiger partial charge in [0.05, 0.1) is 19.6 Å². The van der Waals surface area contributed by atoms with E-state index in [4.69, 9.17) is 9.47 Å². The number of hydrogen-bond acceptors (Lipinski definition) is 3. The second kappa shape index (κ2) is 5.90. The normalized spacial score (nSPS) is 9.67. The molecule has 0 aromatic heterocycles. The summed E-state index contributed by atoms with van der Waals surface area (Å²) in [7, 11) is 0. The van der Waals surface area contributed by atoms with Gasteiger partial charge in [-0.2, -0.15) is 0 Å². The maximum Gasteiger partial charge on any atom is 0.309 e. The summed E-state index contributed by atoms with van der Waals surface area (Å²) in [5, 5.41) is 11.2. The topological polar surface area (TPSA) is 55.4 Å². The molecule has 0 unspecified atom stereocenters. The van der Waals surface area contributed by atoms with Gasteiger partial charge in [0.25, 0.3) is 0 Å². The van der Waals surface area contributed by atoms with Crippen molar-refractivity contribution in [3.63, 3.8) is 0 Å². The number of para-hydroxylation sites is 2.